The molecule has 6 nitrogen and oxygen atoms in total. The van der Waals surface area contributed by atoms with Gasteiger partial charge in [0.15, 0.2) is 0 Å². The molecule has 1 aromatic rings. The number of carbonyl (C=O) groups excluding carboxylic acids is 1. The van der Waals surface area contributed by atoms with Crippen molar-refractivity contribution in [1.82, 2.24) is 4.90 Å². The minimum absolute atomic E-state index is 0. The van der Waals surface area contributed by atoms with Crippen LogP contribution >= 0.6 is 12.4 Å². The van der Waals surface area contributed by atoms with Crippen molar-refractivity contribution in [2.75, 3.05) is 13.1 Å². The molecule has 1 amide bonds. The third-order valence-corrected chi connectivity index (χ3v) is 3.16. The molecule has 0 saturated carbocycles. The molecule has 0 aromatic heterocycles. The van der Waals surface area contributed by atoms with Crippen LogP contribution in [-0.4, -0.2) is 34.9 Å². The Bertz CT molecular complexity index is 507. The van der Waals surface area contributed by atoms with Crippen molar-refractivity contribution in [3.05, 3.63) is 39.4 Å². The highest BCUT2D eigenvalue weighted by molar-refractivity contribution is 5.96. The first kappa shape index (κ1) is 15.4. The van der Waals surface area contributed by atoms with E-state index in [4.69, 9.17) is 5.73 Å². The number of nitro benzene ring substituents is 1. The summed E-state index contributed by atoms with van der Waals surface area (Å²) in [4.78, 5) is 24.1. The van der Waals surface area contributed by atoms with E-state index in [0.29, 0.717) is 24.2 Å². The number of amides is 1. The van der Waals surface area contributed by atoms with Crippen LogP contribution in [0.15, 0.2) is 18.2 Å². The van der Waals surface area contributed by atoms with Gasteiger partial charge in [0.2, 0.25) is 0 Å². The summed E-state index contributed by atoms with van der Waals surface area (Å²) in [5, 5.41) is 10.6. The van der Waals surface area contributed by atoms with Gasteiger partial charge in [0, 0.05) is 36.8 Å². The predicted octanol–water partition coefficient (Wildman–Crippen LogP) is 1.50. The molecule has 1 fully saturated rings. The van der Waals surface area contributed by atoms with Crippen molar-refractivity contribution in [1.29, 1.82) is 0 Å². The van der Waals surface area contributed by atoms with Gasteiger partial charge in [0.05, 0.1) is 4.92 Å². The lowest BCUT2D eigenvalue weighted by molar-refractivity contribution is -0.384. The Morgan fingerprint density at radius 1 is 1.53 bits per heavy atom. The van der Waals surface area contributed by atoms with Gasteiger partial charge < -0.3 is 10.6 Å². The number of non-ortho nitro benzene ring substituents is 1. The number of aryl methyl sites for hydroxylation is 1. The Kier molecular flexibility index (Phi) is 4.85. The quantitative estimate of drug-likeness (QED) is 0.658. The van der Waals surface area contributed by atoms with Crippen LogP contribution in [0.1, 0.15) is 22.3 Å². The molecule has 0 aliphatic carbocycles. The molecule has 1 heterocycles. The average Bonchev–Trinajstić information content (AvgIpc) is 2.74. The molecule has 2 N–H and O–H groups in total. The normalized spacial score (nSPS) is 18.0. The molecular weight excluding hydrogens is 270 g/mol. The van der Waals surface area contributed by atoms with Gasteiger partial charge in [-0.2, -0.15) is 0 Å². The van der Waals surface area contributed by atoms with Crippen molar-refractivity contribution in [2.45, 2.75) is 19.4 Å². The molecule has 104 valence electrons. The number of nitrogens with two attached hydrogens (primary N) is 1. The Morgan fingerprint density at radius 2 is 2.21 bits per heavy atom. The zero-order valence-electron chi connectivity index (χ0n) is 10.5. The van der Waals surface area contributed by atoms with E-state index in [1.807, 2.05) is 0 Å². The highest BCUT2D eigenvalue weighted by atomic mass is 35.5. The maximum atomic E-state index is 12.2. The fourth-order valence-corrected chi connectivity index (χ4v) is 2.14. The minimum atomic E-state index is -0.465. The van der Waals surface area contributed by atoms with Crippen molar-refractivity contribution in [3.63, 3.8) is 0 Å². The molecule has 1 atom stereocenters. The summed E-state index contributed by atoms with van der Waals surface area (Å²) in [6.45, 7) is 2.90. The van der Waals surface area contributed by atoms with Gasteiger partial charge in [-0.15, -0.1) is 12.4 Å². The molecule has 1 aliphatic rings. The van der Waals surface area contributed by atoms with Crippen molar-refractivity contribution in [2.24, 2.45) is 5.73 Å². The zero-order valence-corrected chi connectivity index (χ0v) is 11.4. The van der Waals surface area contributed by atoms with E-state index in [9.17, 15) is 14.9 Å². The van der Waals surface area contributed by atoms with Crippen LogP contribution in [0.25, 0.3) is 0 Å². The van der Waals surface area contributed by atoms with Gasteiger partial charge >= 0.3 is 0 Å². The minimum Gasteiger partial charge on any atom is -0.337 e. The second kappa shape index (κ2) is 5.99. The fourth-order valence-electron chi connectivity index (χ4n) is 2.14. The van der Waals surface area contributed by atoms with Gasteiger partial charge in [-0.25, -0.2) is 0 Å². The smallest absolute Gasteiger partial charge is 0.269 e. The number of hydrogen-bond donors (Lipinski definition) is 1. The number of benzene rings is 1. The molecule has 1 aromatic carbocycles. The van der Waals surface area contributed by atoms with Gasteiger partial charge in [-0.1, -0.05) is 0 Å². The highest BCUT2D eigenvalue weighted by Gasteiger charge is 2.25. The topological polar surface area (TPSA) is 89.5 Å². The Balaban J connectivity index is 0.00000180. The number of carbonyl (C=O) groups is 1. The lowest BCUT2D eigenvalue weighted by Crippen LogP contribution is -2.32. The maximum Gasteiger partial charge on any atom is 0.269 e. The van der Waals surface area contributed by atoms with Crippen molar-refractivity contribution >= 4 is 24.0 Å². The van der Waals surface area contributed by atoms with E-state index in [1.54, 1.807) is 11.8 Å². The molecule has 7 heteroatoms. The largest absolute Gasteiger partial charge is 0.337 e. The third kappa shape index (κ3) is 3.21. The van der Waals surface area contributed by atoms with Crippen LogP contribution in [0, 0.1) is 17.0 Å². The van der Waals surface area contributed by atoms with E-state index in [1.165, 1.54) is 18.2 Å². The van der Waals surface area contributed by atoms with Crippen LogP contribution < -0.4 is 5.73 Å². The second-order valence-electron chi connectivity index (χ2n) is 4.56. The first-order valence-corrected chi connectivity index (χ1v) is 5.79. The predicted molar refractivity (Wildman–Crippen MR) is 73.6 cm³/mol. The molecule has 0 bridgehead atoms. The molecule has 1 unspecified atom stereocenters. The Hall–Kier alpha value is -1.66. The zero-order chi connectivity index (χ0) is 13.3. The number of rotatable bonds is 2. The molecule has 2 rings (SSSR count). The SMILES string of the molecule is Cc1cc([N+](=O)[O-])ccc1C(=O)N1CCC(N)C1.Cl. The summed E-state index contributed by atoms with van der Waals surface area (Å²) in [5.41, 5.74) is 6.89. The lowest BCUT2D eigenvalue weighted by atomic mass is 10.1. The van der Waals surface area contributed by atoms with Crippen molar-refractivity contribution in [3.8, 4) is 0 Å². The van der Waals surface area contributed by atoms with Crippen molar-refractivity contribution < 1.29 is 9.72 Å². The fraction of sp³-hybridized carbons (Fsp3) is 0.417. The molecule has 1 saturated heterocycles. The summed E-state index contributed by atoms with van der Waals surface area (Å²) in [7, 11) is 0. The Labute approximate surface area is 117 Å². The first-order chi connectivity index (χ1) is 8.49. The number of nitrogens with zero attached hydrogens (tertiary/aromatic N) is 2. The summed E-state index contributed by atoms with van der Waals surface area (Å²) < 4.78 is 0. The molecule has 1 aliphatic heterocycles. The first-order valence-electron chi connectivity index (χ1n) is 5.79. The standard InChI is InChI=1S/C12H15N3O3.ClH/c1-8-6-10(15(17)18)2-3-11(8)12(16)14-5-4-9(13)7-14;/h2-3,6,9H,4-5,7,13H2,1H3;1H. The third-order valence-electron chi connectivity index (χ3n) is 3.16. The van der Waals surface area contributed by atoms with Gasteiger partial charge in [0.1, 0.15) is 0 Å². The maximum absolute atomic E-state index is 12.2. The van der Waals surface area contributed by atoms with Gasteiger partial charge in [-0.3, -0.25) is 14.9 Å². The monoisotopic (exact) mass is 285 g/mol. The molecule has 0 radical (unpaired) electrons. The van der Waals surface area contributed by atoms with E-state index >= 15 is 0 Å². The van der Waals surface area contributed by atoms with E-state index in [2.05, 4.69) is 0 Å². The van der Waals surface area contributed by atoms with Crippen LogP contribution in [0.5, 0.6) is 0 Å². The van der Waals surface area contributed by atoms with Gasteiger partial charge in [0.25, 0.3) is 11.6 Å². The van der Waals surface area contributed by atoms with E-state index in [-0.39, 0.29) is 30.0 Å². The van der Waals surface area contributed by atoms with E-state index in [0.717, 1.165) is 6.42 Å². The van der Waals surface area contributed by atoms with Gasteiger partial charge in [-0.05, 0) is 25.0 Å². The number of hydrogen-bond acceptors (Lipinski definition) is 4. The molecular formula is C12H16ClN3O3. The molecule has 19 heavy (non-hydrogen) atoms. The Morgan fingerprint density at radius 3 is 2.68 bits per heavy atom. The van der Waals surface area contributed by atoms with Crippen LogP contribution in [-0.2, 0) is 0 Å². The highest BCUT2D eigenvalue weighted by Crippen LogP contribution is 2.20. The van der Waals surface area contributed by atoms with Crippen LogP contribution in [0.3, 0.4) is 0 Å². The van der Waals surface area contributed by atoms with E-state index < -0.39 is 4.92 Å². The summed E-state index contributed by atoms with van der Waals surface area (Å²) in [6.07, 6.45) is 0.803. The molecule has 0 spiro atoms. The summed E-state index contributed by atoms with van der Waals surface area (Å²) in [5.74, 6) is -0.102. The van der Waals surface area contributed by atoms with Crippen LogP contribution in [0.4, 0.5) is 5.69 Å². The summed E-state index contributed by atoms with van der Waals surface area (Å²) in [6, 6.07) is 4.33. The number of halogens is 1. The number of likely N-dealkylation sites (tertiary alicyclic amines) is 1. The second-order valence-corrected chi connectivity index (χ2v) is 4.56. The number of nitro groups is 1. The summed E-state index contributed by atoms with van der Waals surface area (Å²) >= 11 is 0. The van der Waals surface area contributed by atoms with Crippen LogP contribution in [0.2, 0.25) is 0 Å². The average molecular weight is 286 g/mol. The lowest BCUT2D eigenvalue weighted by Gasteiger charge is -2.16.